The summed E-state index contributed by atoms with van der Waals surface area (Å²) in [7, 11) is 0. The number of nitrogens with zero attached hydrogens (tertiary/aromatic N) is 1. The molecule has 1 unspecified atom stereocenters. The van der Waals surface area contributed by atoms with Gasteiger partial charge in [-0.1, -0.05) is 35.9 Å². The van der Waals surface area contributed by atoms with E-state index < -0.39 is 5.92 Å². The molecule has 1 aromatic heterocycles. The number of aromatic nitrogens is 1. The lowest BCUT2D eigenvalue weighted by molar-refractivity contribution is -0.117. The smallest absolute Gasteiger partial charge is 0.232 e. The third kappa shape index (κ3) is 4.51. The number of hydrogen-bond donors (Lipinski definition) is 1. The Hall–Kier alpha value is -3.01. The molecule has 0 saturated carbocycles. The minimum absolute atomic E-state index is 0.138. The Labute approximate surface area is 146 Å². The first-order valence-electron chi connectivity index (χ1n) is 8.15. The van der Waals surface area contributed by atoms with Gasteiger partial charge in [0.1, 0.15) is 5.82 Å². The molecule has 2 aromatic carbocycles. The lowest BCUT2D eigenvalue weighted by atomic mass is 9.93. The zero-order valence-corrected chi connectivity index (χ0v) is 13.9. The maximum Gasteiger partial charge on any atom is 0.232 e. The van der Waals surface area contributed by atoms with Crippen molar-refractivity contribution in [1.82, 2.24) is 4.98 Å². The van der Waals surface area contributed by atoms with Crippen LogP contribution < -0.4 is 5.32 Å². The van der Waals surface area contributed by atoms with Gasteiger partial charge < -0.3 is 5.32 Å². The fraction of sp³-hybridized carbons (Fsp3) is 0.143. The monoisotopic (exact) mass is 334 g/mol. The summed E-state index contributed by atoms with van der Waals surface area (Å²) in [5.74, 6) is -0.905. The Kier molecular flexibility index (Phi) is 5.19. The number of carbonyl (C=O) groups is 1. The Balaban J connectivity index is 1.85. The number of carbonyl (C=O) groups excluding carboxylic acids is 1. The third-order valence-corrected chi connectivity index (χ3v) is 4.05. The van der Waals surface area contributed by atoms with Crippen LogP contribution in [0, 0.1) is 12.7 Å². The first-order valence-corrected chi connectivity index (χ1v) is 8.15. The average Bonchev–Trinajstić information content (AvgIpc) is 2.63. The Morgan fingerprint density at radius 3 is 2.40 bits per heavy atom. The molecular weight excluding hydrogens is 315 g/mol. The van der Waals surface area contributed by atoms with Crippen LogP contribution in [0.1, 0.15) is 22.7 Å². The lowest BCUT2D eigenvalue weighted by Crippen LogP contribution is -2.23. The predicted octanol–water partition coefficient (Wildman–Crippen LogP) is 4.49. The molecule has 3 rings (SSSR count). The van der Waals surface area contributed by atoms with E-state index in [-0.39, 0.29) is 11.7 Å². The van der Waals surface area contributed by atoms with Crippen LogP contribution in [0.4, 0.5) is 10.1 Å². The topological polar surface area (TPSA) is 42.0 Å². The van der Waals surface area contributed by atoms with Gasteiger partial charge in [-0.05, 0) is 48.9 Å². The Morgan fingerprint density at radius 1 is 1.04 bits per heavy atom. The summed E-state index contributed by atoms with van der Waals surface area (Å²) in [5.41, 5.74) is 3.44. The van der Waals surface area contributed by atoms with E-state index in [4.69, 9.17) is 0 Å². The molecule has 0 saturated heterocycles. The van der Waals surface area contributed by atoms with Crippen molar-refractivity contribution in [1.29, 1.82) is 0 Å². The number of amides is 1. The fourth-order valence-electron chi connectivity index (χ4n) is 2.65. The maximum atomic E-state index is 13.2. The molecular formula is C21H19FN2O. The highest BCUT2D eigenvalue weighted by Gasteiger charge is 2.22. The van der Waals surface area contributed by atoms with E-state index in [2.05, 4.69) is 10.3 Å². The number of halogens is 1. The zero-order chi connectivity index (χ0) is 17.6. The van der Waals surface area contributed by atoms with Crippen molar-refractivity contribution in [3.63, 3.8) is 0 Å². The average molecular weight is 334 g/mol. The lowest BCUT2D eigenvalue weighted by Gasteiger charge is -2.17. The highest BCUT2D eigenvalue weighted by atomic mass is 19.1. The van der Waals surface area contributed by atoms with Gasteiger partial charge in [0.05, 0.1) is 5.92 Å². The molecule has 0 bridgehead atoms. The van der Waals surface area contributed by atoms with Crippen LogP contribution >= 0.6 is 0 Å². The maximum absolute atomic E-state index is 13.2. The van der Waals surface area contributed by atoms with Crippen LogP contribution in [0.2, 0.25) is 0 Å². The molecule has 1 heterocycles. The second-order valence-corrected chi connectivity index (χ2v) is 5.98. The van der Waals surface area contributed by atoms with Gasteiger partial charge >= 0.3 is 0 Å². The molecule has 1 amide bonds. The molecule has 1 atom stereocenters. The Morgan fingerprint density at radius 2 is 1.76 bits per heavy atom. The molecule has 0 aliphatic carbocycles. The van der Waals surface area contributed by atoms with E-state index in [9.17, 15) is 9.18 Å². The first kappa shape index (κ1) is 16.8. The molecule has 1 N–H and O–H groups in total. The largest absolute Gasteiger partial charge is 0.326 e. The summed E-state index contributed by atoms with van der Waals surface area (Å²) < 4.78 is 13.2. The highest BCUT2D eigenvalue weighted by Crippen LogP contribution is 2.23. The van der Waals surface area contributed by atoms with E-state index >= 15 is 0 Å². The van der Waals surface area contributed by atoms with Gasteiger partial charge in [0.15, 0.2) is 0 Å². The number of pyridine rings is 1. The first-order chi connectivity index (χ1) is 12.1. The van der Waals surface area contributed by atoms with E-state index in [0.717, 1.165) is 22.5 Å². The van der Waals surface area contributed by atoms with Crippen molar-refractivity contribution in [3.8, 4) is 0 Å². The molecule has 0 radical (unpaired) electrons. The van der Waals surface area contributed by atoms with E-state index in [0.29, 0.717) is 6.42 Å². The van der Waals surface area contributed by atoms with Crippen LogP contribution in [0.15, 0.2) is 72.9 Å². The molecule has 0 fully saturated rings. The summed E-state index contributed by atoms with van der Waals surface area (Å²) in [6, 6.07) is 19.3. The number of aryl methyl sites for hydroxylation is 1. The van der Waals surface area contributed by atoms with Gasteiger partial charge in [0.2, 0.25) is 5.91 Å². The van der Waals surface area contributed by atoms with Crippen molar-refractivity contribution < 1.29 is 9.18 Å². The number of rotatable bonds is 5. The normalized spacial score (nSPS) is 11.8. The van der Waals surface area contributed by atoms with Crippen molar-refractivity contribution in [2.24, 2.45) is 0 Å². The summed E-state index contributed by atoms with van der Waals surface area (Å²) in [6.07, 6.45) is 2.15. The van der Waals surface area contributed by atoms with Crippen molar-refractivity contribution in [2.75, 3.05) is 5.32 Å². The number of benzene rings is 2. The standard InChI is InChI=1S/C21H19FN2O/c1-15-5-11-18(12-6-15)24-21(25)20(14-19-4-2-3-13-23-19)16-7-9-17(22)10-8-16/h2-13,20H,14H2,1H3,(H,24,25). The van der Waals surface area contributed by atoms with Crippen LogP contribution in [0.5, 0.6) is 0 Å². The SMILES string of the molecule is Cc1ccc(NC(=O)C(Cc2ccccn2)c2ccc(F)cc2)cc1. The zero-order valence-electron chi connectivity index (χ0n) is 13.9. The second kappa shape index (κ2) is 7.71. The predicted molar refractivity (Wildman–Crippen MR) is 96.9 cm³/mol. The van der Waals surface area contributed by atoms with Gasteiger partial charge in [-0.3, -0.25) is 9.78 Å². The number of hydrogen-bond acceptors (Lipinski definition) is 2. The van der Waals surface area contributed by atoms with Crippen LogP contribution in [0.25, 0.3) is 0 Å². The van der Waals surface area contributed by atoms with E-state index in [1.165, 1.54) is 12.1 Å². The summed E-state index contributed by atoms with van der Waals surface area (Å²) in [5, 5.41) is 2.94. The van der Waals surface area contributed by atoms with Crippen LogP contribution in [-0.2, 0) is 11.2 Å². The quantitative estimate of drug-likeness (QED) is 0.747. The second-order valence-electron chi connectivity index (χ2n) is 5.98. The fourth-order valence-corrected chi connectivity index (χ4v) is 2.65. The summed E-state index contributed by atoms with van der Waals surface area (Å²) >= 11 is 0. The molecule has 0 spiro atoms. The summed E-state index contributed by atoms with van der Waals surface area (Å²) in [4.78, 5) is 17.2. The van der Waals surface area contributed by atoms with Crippen molar-refractivity contribution in [2.45, 2.75) is 19.3 Å². The molecule has 25 heavy (non-hydrogen) atoms. The van der Waals surface area contributed by atoms with Gasteiger partial charge in [0, 0.05) is 24.0 Å². The van der Waals surface area contributed by atoms with Crippen LogP contribution in [-0.4, -0.2) is 10.9 Å². The summed E-state index contributed by atoms with van der Waals surface area (Å²) in [6.45, 7) is 1.99. The molecule has 3 aromatic rings. The van der Waals surface area contributed by atoms with Gasteiger partial charge in [0.25, 0.3) is 0 Å². The van der Waals surface area contributed by atoms with Gasteiger partial charge in [-0.15, -0.1) is 0 Å². The van der Waals surface area contributed by atoms with E-state index in [1.54, 1.807) is 18.3 Å². The molecule has 0 aliphatic heterocycles. The van der Waals surface area contributed by atoms with Crippen molar-refractivity contribution >= 4 is 11.6 Å². The third-order valence-electron chi connectivity index (χ3n) is 4.05. The highest BCUT2D eigenvalue weighted by molar-refractivity contribution is 5.96. The number of nitrogens with one attached hydrogen (secondary N) is 1. The Bertz CT molecular complexity index is 830. The molecule has 126 valence electrons. The van der Waals surface area contributed by atoms with Gasteiger partial charge in [-0.25, -0.2) is 4.39 Å². The van der Waals surface area contributed by atoms with E-state index in [1.807, 2.05) is 49.4 Å². The minimum Gasteiger partial charge on any atom is -0.326 e. The van der Waals surface area contributed by atoms with Gasteiger partial charge in [-0.2, -0.15) is 0 Å². The number of anilines is 1. The van der Waals surface area contributed by atoms with Crippen molar-refractivity contribution in [3.05, 3.63) is 95.6 Å². The molecule has 3 nitrogen and oxygen atoms in total. The molecule has 0 aliphatic rings. The van der Waals surface area contributed by atoms with Crippen LogP contribution in [0.3, 0.4) is 0 Å². The molecule has 4 heteroatoms. The minimum atomic E-state index is -0.447.